The van der Waals surface area contributed by atoms with Crippen LogP contribution in [0.4, 0.5) is 5.69 Å². The third kappa shape index (κ3) is 2.99. The van der Waals surface area contributed by atoms with E-state index in [1.54, 1.807) is 24.3 Å². The summed E-state index contributed by atoms with van der Waals surface area (Å²) in [6.45, 7) is 2.29. The number of esters is 2. The van der Waals surface area contributed by atoms with E-state index in [1.807, 2.05) is 0 Å². The van der Waals surface area contributed by atoms with Gasteiger partial charge in [0.2, 0.25) is 11.8 Å². The predicted octanol–water partition coefficient (Wildman–Crippen LogP) is 2.37. The molecular weight excluding hydrogens is 470 g/mol. The third-order valence-electron chi connectivity index (χ3n) is 5.14. The number of amides is 2. The maximum Gasteiger partial charge on any atom is 0.305 e. The van der Waals surface area contributed by atoms with E-state index >= 15 is 0 Å². The van der Waals surface area contributed by atoms with Crippen LogP contribution in [-0.2, 0) is 33.4 Å². The number of hydrogen-bond donors (Lipinski definition) is 0. The molecule has 1 aromatic carbocycles. The number of ether oxygens (including phenoxy) is 3. The minimum Gasteiger partial charge on any atom is -0.422 e. The van der Waals surface area contributed by atoms with E-state index in [0.717, 1.165) is 18.7 Å². The van der Waals surface area contributed by atoms with Gasteiger partial charge in [0.25, 0.3) is 6.29 Å². The number of halogens is 2. The zero-order valence-corrected chi connectivity index (χ0v) is 17.6. The molecule has 0 N–H and O–H groups in total. The molecule has 0 spiro atoms. The van der Waals surface area contributed by atoms with Crippen molar-refractivity contribution in [1.82, 2.24) is 0 Å². The van der Waals surface area contributed by atoms with Crippen molar-refractivity contribution in [2.24, 2.45) is 11.8 Å². The van der Waals surface area contributed by atoms with Gasteiger partial charge in [0.05, 0.1) is 28.6 Å². The lowest BCUT2D eigenvalue weighted by atomic mass is 9.76. The summed E-state index contributed by atoms with van der Waals surface area (Å²) < 4.78 is 16.9. The summed E-state index contributed by atoms with van der Waals surface area (Å²) in [4.78, 5) is 50.7. The molecule has 0 aromatic heterocycles. The van der Waals surface area contributed by atoms with Gasteiger partial charge in [-0.05, 0) is 24.3 Å². The molecule has 8 nitrogen and oxygen atoms in total. The van der Waals surface area contributed by atoms with Gasteiger partial charge in [0, 0.05) is 18.3 Å². The van der Waals surface area contributed by atoms with E-state index in [4.69, 9.17) is 25.8 Å². The van der Waals surface area contributed by atoms with Crippen molar-refractivity contribution in [1.29, 1.82) is 0 Å². The van der Waals surface area contributed by atoms with Crippen LogP contribution in [0.5, 0.6) is 0 Å². The fraction of sp³-hybridized carbons (Fsp3) is 0.368. The number of hydrogen-bond acceptors (Lipinski definition) is 7. The fourth-order valence-corrected chi connectivity index (χ4v) is 4.87. The Kier molecular flexibility index (Phi) is 4.79. The lowest BCUT2D eigenvalue weighted by Gasteiger charge is -2.34. The molecule has 0 aliphatic carbocycles. The Balaban J connectivity index is 1.76. The second-order valence-electron chi connectivity index (χ2n) is 6.96. The lowest BCUT2D eigenvalue weighted by Crippen LogP contribution is -2.52. The molecule has 152 valence electrons. The molecule has 2 fully saturated rings. The molecular formula is C19H15BrClNO7. The van der Waals surface area contributed by atoms with Crippen molar-refractivity contribution in [3.05, 3.63) is 39.8 Å². The lowest BCUT2D eigenvalue weighted by molar-refractivity contribution is -0.226. The Morgan fingerprint density at radius 1 is 1.21 bits per heavy atom. The summed E-state index contributed by atoms with van der Waals surface area (Å²) in [5.41, 5.74) is -1.35. The van der Waals surface area contributed by atoms with Gasteiger partial charge in [-0.25, -0.2) is 4.90 Å². The smallest absolute Gasteiger partial charge is 0.305 e. The van der Waals surface area contributed by atoms with Crippen LogP contribution in [0.3, 0.4) is 0 Å². The van der Waals surface area contributed by atoms with Crippen LogP contribution in [0.15, 0.2) is 34.8 Å². The van der Waals surface area contributed by atoms with Crippen LogP contribution in [-0.4, -0.2) is 41.7 Å². The molecule has 2 bridgehead atoms. The number of carbonyl (C=O) groups is 4. The Labute approximate surface area is 178 Å². The number of anilines is 1. The zero-order valence-electron chi connectivity index (χ0n) is 15.3. The van der Waals surface area contributed by atoms with Gasteiger partial charge >= 0.3 is 11.9 Å². The highest BCUT2D eigenvalue weighted by molar-refractivity contribution is 9.10. The number of fused-ring (bicyclic) bond motifs is 5. The Hall–Kier alpha value is -2.23. The summed E-state index contributed by atoms with van der Waals surface area (Å²) in [6, 6.07) is 4.79. The fourth-order valence-electron chi connectivity index (χ4n) is 4.12. The first-order chi connectivity index (χ1) is 13.7. The number of nitrogens with zero attached hydrogens (tertiary/aromatic N) is 1. The second kappa shape index (κ2) is 6.93. The van der Waals surface area contributed by atoms with Crippen molar-refractivity contribution in [2.75, 3.05) is 4.90 Å². The minimum absolute atomic E-state index is 0.216. The molecule has 2 saturated heterocycles. The van der Waals surface area contributed by atoms with E-state index in [-0.39, 0.29) is 10.7 Å². The summed E-state index contributed by atoms with van der Waals surface area (Å²) in [5.74, 6) is -4.38. The van der Waals surface area contributed by atoms with Gasteiger partial charge in [0.15, 0.2) is 5.60 Å². The summed E-state index contributed by atoms with van der Waals surface area (Å²) in [6.07, 6.45) is 0.904. The predicted molar refractivity (Wildman–Crippen MR) is 103 cm³/mol. The number of benzene rings is 1. The van der Waals surface area contributed by atoms with Crippen molar-refractivity contribution in [2.45, 2.75) is 31.8 Å². The molecule has 0 saturated carbocycles. The monoisotopic (exact) mass is 483 g/mol. The molecule has 4 rings (SSSR count). The van der Waals surface area contributed by atoms with Gasteiger partial charge < -0.3 is 14.2 Å². The molecule has 10 heteroatoms. The summed E-state index contributed by atoms with van der Waals surface area (Å²) >= 11 is 9.54. The zero-order chi connectivity index (χ0) is 21.1. The highest BCUT2D eigenvalue weighted by atomic mass is 79.9. The van der Waals surface area contributed by atoms with Crippen LogP contribution in [0, 0.1) is 11.8 Å². The van der Waals surface area contributed by atoms with Crippen LogP contribution in [0.1, 0.15) is 13.8 Å². The molecule has 1 aromatic rings. The van der Waals surface area contributed by atoms with Gasteiger partial charge in [-0.1, -0.05) is 33.6 Å². The van der Waals surface area contributed by atoms with Crippen LogP contribution in [0.25, 0.3) is 0 Å². The van der Waals surface area contributed by atoms with Gasteiger partial charge in [0.1, 0.15) is 0 Å². The third-order valence-corrected chi connectivity index (χ3v) is 5.94. The summed E-state index contributed by atoms with van der Waals surface area (Å²) in [7, 11) is 0. The molecule has 2 amide bonds. The van der Waals surface area contributed by atoms with Crippen molar-refractivity contribution >= 4 is 57.0 Å². The summed E-state index contributed by atoms with van der Waals surface area (Å²) in [5, 5.41) is 0.216. The van der Waals surface area contributed by atoms with E-state index < -0.39 is 53.6 Å². The SMILES string of the molecule is CC(=O)OC(OC(C)=O)[C@@]12C=C[C@@H](O1)[C@H]1C(=O)N(c3ccc(Br)cc3Cl)C(=O)[C@@H]12. The first-order valence-corrected chi connectivity index (χ1v) is 9.87. The van der Waals surface area contributed by atoms with Crippen LogP contribution >= 0.6 is 27.5 Å². The van der Waals surface area contributed by atoms with E-state index in [2.05, 4.69) is 15.9 Å². The average Bonchev–Trinajstić information content (AvgIpc) is 3.26. The number of rotatable bonds is 4. The molecule has 4 atom stereocenters. The van der Waals surface area contributed by atoms with Crippen molar-refractivity contribution < 1.29 is 33.4 Å². The molecule has 29 heavy (non-hydrogen) atoms. The maximum atomic E-state index is 13.3. The molecule has 0 unspecified atom stereocenters. The standard InChI is InChI=1S/C19H15BrClNO7/c1-8(23)27-18(28-9(2)24)19-6-5-13(29-19)14-15(19)17(26)22(16(14)25)12-4-3-10(20)7-11(12)21/h3-7,13-15,18H,1-2H3/t13-,14-,15-,19+/m1/s1. The van der Waals surface area contributed by atoms with Gasteiger partial charge in [-0.2, -0.15) is 0 Å². The number of carbonyl (C=O) groups excluding carboxylic acids is 4. The highest BCUT2D eigenvalue weighted by Crippen LogP contribution is 2.55. The van der Waals surface area contributed by atoms with Gasteiger partial charge in [-0.15, -0.1) is 0 Å². The average molecular weight is 485 g/mol. The van der Waals surface area contributed by atoms with Crippen molar-refractivity contribution in [3.63, 3.8) is 0 Å². The topological polar surface area (TPSA) is 99.2 Å². The van der Waals surface area contributed by atoms with Gasteiger partial charge in [-0.3, -0.25) is 19.2 Å². The van der Waals surface area contributed by atoms with Crippen LogP contribution < -0.4 is 4.90 Å². The van der Waals surface area contributed by atoms with Crippen molar-refractivity contribution in [3.8, 4) is 0 Å². The Bertz CT molecular complexity index is 963. The number of imide groups is 1. The quantitative estimate of drug-likeness (QED) is 0.280. The molecule has 3 aliphatic heterocycles. The van der Waals surface area contributed by atoms with E-state index in [1.165, 1.54) is 6.08 Å². The largest absolute Gasteiger partial charge is 0.422 e. The van der Waals surface area contributed by atoms with E-state index in [9.17, 15) is 19.2 Å². The Morgan fingerprint density at radius 2 is 1.86 bits per heavy atom. The minimum atomic E-state index is -1.59. The molecule has 3 heterocycles. The first-order valence-electron chi connectivity index (χ1n) is 8.70. The molecule has 3 aliphatic rings. The Morgan fingerprint density at radius 3 is 2.45 bits per heavy atom. The maximum absolute atomic E-state index is 13.3. The molecule has 0 radical (unpaired) electrons. The highest BCUT2D eigenvalue weighted by Gasteiger charge is 2.72. The van der Waals surface area contributed by atoms with Crippen LogP contribution in [0.2, 0.25) is 5.02 Å². The normalized spacial score (nSPS) is 29.6. The first kappa shape index (κ1) is 20.1. The van der Waals surface area contributed by atoms with E-state index in [0.29, 0.717) is 4.47 Å². The second-order valence-corrected chi connectivity index (χ2v) is 8.28.